The fraction of sp³-hybridized carbons (Fsp3) is 0.667. The number of rotatable bonds is 14. The molecule has 12 heteroatoms. The number of fused-ring (bicyclic) bond motifs is 1. The van der Waals surface area contributed by atoms with E-state index in [4.69, 9.17) is 10.5 Å². The van der Waals surface area contributed by atoms with Gasteiger partial charge in [-0.1, -0.05) is 77.3 Å². The smallest absolute Gasteiger partial charge is 0.329 e. The number of urea groups is 1. The predicted molar refractivity (Wildman–Crippen MR) is 177 cm³/mol. The molecule has 6 atom stereocenters. The van der Waals surface area contributed by atoms with Crippen LogP contribution >= 0.6 is 0 Å². The maximum absolute atomic E-state index is 14.5. The topological polar surface area (TPSA) is 177 Å². The van der Waals surface area contributed by atoms with Crippen LogP contribution in [0.3, 0.4) is 0 Å². The number of carbonyl (C=O) groups excluding carboxylic acids is 6. The second-order valence-corrected chi connectivity index (χ2v) is 15.2. The van der Waals surface area contributed by atoms with Crippen molar-refractivity contribution in [2.24, 2.45) is 40.7 Å². The lowest BCUT2D eigenvalue weighted by molar-refractivity contribution is -0.147. The van der Waals surface area contributed by atoms with Crippen molar-refractivity contribution in [2.75, 3.05) is 6.54 Å². The number of ketones is 1. The molecule has 0 radical (unpaired) electrons. The highest BCUT2D eigenvalue weighted by Crippen LogP contribution is 2.65. The number of benzene rings is 1. The van der Waals surface area contributed by atoms with Crippen molar-refractivity contribution in [3.63, 3.8) is 0 Å². The maximum atomic E-state index is 14.5. The Balaban J connectivity index is 1.32. The highest BCUT2D eigenvalue weighted by atomic mass is 16.5. The van der Waals surface area contributed by atoms with E-state index < -0.39 is 53.8 Å². The van der Waals surface area contributed by atoms with Crippen LogP contribution in [-0.2, 0) is 35.3 Å². The third kappa shape index (κ3) is 8.01. The van der Waals surface area contributed by atoms with Gasteiger partial charge in [0.15, 0.2) is 0 Å². The molecule has 3 saturated carbocycles. The molecule has 0 bridgehead atoms. The number of hydrogen-bond acceptors (Lipinski definition) is 7. The first kappa shape index (κ1) is 35.3. The van der Waals surface area contributed by atoms with E-state index in [0.717, 1.165) is 37.7 Å². The molecule has 5 amide bonds. The van der Waals surface area contributed by atoms with E-state index in [-0.39, 0.29) is 47.5 Å². The zero-order valence-corrected chi connectivity index (χ0v) is 28.5. The van der Waals surface area contributed by atoms with Gasteiger partial charge in [-0.05, 0) is 72.7 Å². The van der Waals surface area contributed by atoms with Gasteiger partial charge in [-0.15, -0.1) is 0 Å². The van der Waals surface area contributed by atoms with Gasteiger partial charge in [-0.25, -0.2) is 9.59 Å². The zero-order chi connectivity index (χ0) is 34.7. The van der Waals surface area contributed by atoms with Crippen LogP contribution in [0.5, 0.6) is 0 Å². The SMILES string of the molecule is CC(C)CC(NC(=O)N[C@H](C(=O)N1C[C@H]2[C@@H]([C@H]1C(=O)NC(C(=O)C(N)=O)C1CC1)C2(C)C)C1CCCCC1)C(=O)OCc1ccccc1. The number of esters is 1. The third-order valence-electron chi connectivity index (χ3n) is 10.9. The minimum absolute atomic E-state index is 0.0739. The van der Waals surface area contributed by atoms with Crippen molar-refractivity contribution in [3.8, 4) is 0 Å². The van der Waals surface area contributed by atoms with Crippen LogP contribution in [0.1, 0.15) is 84.6 Å². The first-order valence-electron chi connectivity index (χ1n) is 17.5. The standard InChI is InChI=1S/C36H51N5O7/c1-20(2)17-25(34(46)48-19-21-11-7-5-8-12-21)38-35(47)40-28(22-13-9-6-10-14-22)33(45)41-18-24-26(36(24,3)4)29(41)32(44)39-27(23-15-16-23)30(42)31(37)43/h5,7-8,11-12,20,22-29H,6,9-10,13-19H2,1-4H3,(H2,37,43)(H,39,44)(H2,38,40,47)/t24-,25?,26-,27?,28-,29-/m0/s1. The van der Waals surface area contributed by atoms with E-state index in [0.29, 0.717) is 25.8 Å². The van der Waals surface area contributed by atoms with E-state index in [1.807, 2.05) is 44.2 Å². The first-order valence-corrected chi connectivity index (χ1v) is 17.5. The third-order valence-corrected chi connectivity index (χ3v) is 10.9. The Morgan fingerprint density at radius 2 is 1.54 bits per heavy atom. The van der Waals surface area contributed by atoms with Crippen molar-refractivity contribution in [3.05, 3.63) is 35.9 Å². The summed E-state index contributed by atoms with van der Waals surface area (Å²) in [7, 11) is 0. The number of nitrogens with two attached hydrogens (primary N) is 1. The number of primary amides is 1. The predicted octanol–water partition coefficient (Wildman–Crippen LogP) is 2.82. The Kier molecular flexibility index (Phi) is 10.8. The molecule has 262 valence electrons. The molecule has 5 rings (SSSR count). The van der Waals surface area contributed by atoms with Crippen molar-refractivity contribution >= 4 is 35.5 Å². The number of Topliss-reactive ketones (excluding diaryl/α,β-unsaturated/α-hetero) is 1. The van der Waals surface area contributed by atoms with E-state index in [1.165, 1.54) is 0 Å². The van der Waals surface area contributed by atoms with Crippen molar-refractivity contribution < 1.29 is 33.5 Å². The minimum Gasteiger partial charge on any atom is -0.459 e. The molecule has 1 aliphatic heterocycles. The summed E-state index contributed by atoms with van der Waals surface area (Å²) in [6.45, 7) is 8.44. The summed E-state index contributed by atoms with van der Waals surface area (Å²) in [4.78, 5) is 81.0. The lowest BCUT2D eigenvalue weighted by atomic mass is 9.83. The summed E-state index contributed by atoms with van der Waals surface area (Å²) in [5.41, 5.74) is 5.94. The highest BCUT2D eigenvalue weighted by Gasteiger charge is 2.70. The molecule has 0 aromatic heterocycles. The quantitative estimate of drug-likeness (QED) is 0.174. The molecule has 2 unspecified atom stereocenters. The Morgan fingerprint density at radius 3 is 2.15 bits per heavy atom. The molecule has 4 aliphatic rings. The maximum Gasteiger partial charge on any atom is 0.329 e. The van der Waals surface area contributed by atoms with Gasteiger partial charge < -0.3 is 31.3 Å². The monoisotopic (exact) mass is 665 g/mol. The molecule has 1 aromatic carbocycles. The van der Waals surface area contributed by atoms with Crippen LogP contribution in [0.2, 0.25) is 0 Å². The number of piperidine rings is 1. The number of nitrogens with one attached hydrogen (secondary N) is 3. The van der Waals surface area contributed by atoms with E-state index >= 15 is 0 Å². The first-order chi connectivity index (χ1) is 22.8. The Morgan fingerprint density at radius 1 is 0.896 bits per heavy atom. The average molecular weight is 666 g/mol. The van der Waals surface area contributed by atoms with Crippen molar-refractivity contribution in [2.45, 2.75) is 110 Å². The van der Waals surface area contributed by atoms with Crippen LogP contribution < -0.4 is 21.7 Å². The molecule has 48 heavy (non-hydrogen) atoms. The van der Waals surface area contributed by atoms with Crippen LogP contribution in [0.15, 0.2) is 30.3 Å². The lowest BCUT2D eigenvalue weighted by Gasteiger charge is -2.37. The number of carbonyl (C=O) groups is 6. The molecular weight excluding hydrogens is 614 g/mol. The zero-order valence-electron chi connectivity index (χ0n) is 28.5. The number of hydrogen-bond donors (Lipinski definition) is 4. The fourth-order valence-electron chi connectivity index (χ4n) is 7.92. The second kappa shape index (κ2) is 14.7. The van der Waals surface area contributed by atoms with Gasteiger partial charge in [0.25, 0.3) is 5.91 Å². The molecule has 4 fully saturated rings. The molecule has 1 saturated heterocycles. The molecule has 3 aliphatic carbocycles. The summed E-state index contributed by atoms with van der Waals surface area (Å²) in [6.07, 6.45) is 6.11. The molecule has 12 nitrogen and oxygen atoms in total. The number of likely N-dealkylation sites (tertiary alicyclic amines) is 1. The van der Waals surface area contributed by atoms with Crippen LogP contribution in [0.4, 0.5) is 4.79 Å². The number of nitrogens with zero attached hydrogens (tertiary/aromatic N) is 1. The van der Waals surface area contributed by atoms with Gasteiger partial charge in [-0.3, -0.25) is 19.2 Å². The van der Waals surface area contributed by atoms with E-state index in [2.05, 4.69) is 29.8 Å². The van der Waals surface area contributed by atoms with Gasteiger partial charge in [0.1, 0.15) is 30.8 Å². The van der Waals surface area contributed by atoms with Crippen LogP contribution in [0.25, 0.3) is 0 Å². The second-order valence-electron chi connectivity index (χ2n) is 15.2. The molecule has 1 aromatic rings. The molecular formula is C36H51N5O7. The van der Waals surface area contributed by atoms with Crippen LogP contribution in [0, 0.1) is 35.0 Å². The van der Waals surface area contributed by atoms with Gasteiger partial charge in [0.05, 0.1) is 0 Å². The van der Waals surface area contributed by atoms with Crippen molar-refractivity contribution in [1.29, 1.82) is 0 Å². The summed E-state index contributed by atoms with van der Waals surface area (Å²) >= 11 is 0. The van der Waals surface area contributed by atoms with Crippen LogP contribution in [-0.4, -0.2) is 71.1 Å². The van der Waals surface area contributed by atoms with E-state index in [9.17, 15) is 28.8 Å². The Labute approximate surface area is 282 Å². The van der Waals surface area contributed by atoms with Gasteiger partial charge in [0.2, 0.25) is 17.6 Å². The van der Waals surface area contributed by atoms with Gasteiger partial charge in [-0.2, -0.15) is 0 Å². The Bertz CT molecular complexity index is 1390. The minimum atomic E-state index is -1.09. The summed E-state index contributed by atoms with van der Waals surface area (Å²) in [6, 6.07) is 4.95. The van der Waals surface area contributed by atoms with E-state index in [1.54, 1.807) is 4.90 Å². The lowest BCUT2D eigenvalue weighted by Crippen LogP contribution is -2.61. The number of amides is 5. The van der Waals surface area contributed by atoms with Crippen molar-refractivity contribution in [1.82, 2.24) is 20.9 Å². The summed E-state index contributed by atoms with van der Waals surface area (Å²) < 4.78 is 5.55. The van der Waals surface area contributed by atoms with Gasteiger partial charge in [0, 0.05) is 6.54 Å². The molecule has 1 heterocycles. The largest absolute Gasteiger partial charge is 0.459 e. The number of ether oxygens (including phenoxy) is 1. The van der Waals surface area contributed by atoms with Gasteiger partial charge >= 0.3 is 12.0 Å². The average Bonchev–Trinajstić information content (AvgIpc) is 3.93. The highest BCUT2D eigenvalue weighted by molar-refractivity contribution is 6.38. The summed E-state index contributed by atoms with van der Waals surface area (Å²) in [5, 5.41) is 8.48. The summed E-state index contributed by atoms with van der Waals surface area (Å²) in [5.74, 6) is -3.56. The Hall–Kier alpha value is -3.96. The normalized spacial score (nSPS) is 24.9. The fourth-order valence-corrected chi connectivity index (χ4v) is 7.92. The molecule has 0 spiro atoms. The molecule has 5 N–H and O–H groups in total.